The van der Waals surface area contributed by atoms with Gasteiger partial charge in [-0.1, -0.05) is 95.7 Å². The molecule has 5 heteroatoms. The quantitative estimate of drug-likeness (QED) is 0.292. The van der Waals surface area contributed by atoms with Gasteiger partial charge in [-0.3, -0.25) is 4.98 Å². The van der Waals surface area contributed by atoms with Gasteiger partial charge in [-0.15, -0.1) is 6.04 Å². The average molecular weight is 589 g/mol. The van der Waals surface area contributed by atoms with E-state index in [-0.39, 0.29) is 52.9 Å². The minimum absolute atomic E-state index is 0. The van der Waals surface area contributed by atoms with E-state index in [2.05, 4.69) is 32.3 Å². The molecule has 0 aliphatic heterocycles. The van der Waals surface area contributed by atoms with Crippen molar-refractivity contribution < 1.29 is 32.0 Å². The first-order valence-corrected chi connectivity index (χ1v) is 9.15. The molecule has 0 saturated heterocycles. The number of hydrogen-bond acceptors (Lipinski definition) is 1. The van der Waals surface area contributed by atoms with Crippen LogP contribution < -0.4 is 0 Å². The Morgan fingerprint density at radius 3 is 2.07 bits per heavy atom. The third-order valence-electron chi connectivity index (χ3n) is 3.77. The Bertz CT molecular complexity index is 481. The largest absolute Gasteiger partial charge is 0.674 e. The van der Waals surface area contributed by atoms with E-state index in [1.54, 1.807) is 12.3 Å². The first-order valence-electron chi connectivity index (χ1n) is 9.15. The monoisotopic (exact) mass is 588 g/mol. The zero-order chi connectivity index (χ0) is 18.2. The fraction of sp³-hybridized carbons (Fsp3) is 0.458. The fourth-order valence-electron chi connectivity index (χ4n) is 2.28. The first kappa shape index (κ1) is 42.1. The van der Waals surface area contributed by atoms with Crippen LogP contribution in [0.3, 0.4) is 0 Å². The first-order chi connectivity index (χ1) is 11.6. The summed E-state index contributed by atoms with van der Waals surface area (Å²) in [5.74, 6) is 0.670. The van der Waals surface area contributed by atoms with Crippen molar-refractivity contribution in [1.29, 1.82) is 0 Å². The second-order valence-electron chi connectivity index (χ2n) is 6.26. The van der Waals surface area contributed by atoms with E-state index in [9.17, 15) is 0 Å². The number of aromatic nitrogens is 1. The zero-order valence-electron chi connectivity index (χ0n) is 19.3. The van der Waals surface area contributed by atoms with Crippen LogP contribution in [0.15, 0.2) is 55.3 Å². The summed E-state index contributed by atoms with van der Waals surface area (Å²) in [7, 11) is 0. The summed E-state index contributed by atoms with van der Waals surface area (Å²) in [6.45, 7) is 12.1. The summed E-state index contributed by atoms with van der Waals surface area (Å²) < 4.78 is 0. The van der Waals surface area contributed by atoms with E-state index < -0.39 is 0 Å². The molecule has 1 aliphatic carbocycles. The van der Waals surface area contributed by atoms with Crippen molar-refractivity contribution in [2.24, 2.45) is 5.92 Å². The van der Waals surface area contributed by atoms with E-state index in [0.29, 0.717) is 5.92 Å². The minimum Gasteiger partial charge on any atom is -0.674 e. The maximum absolute atomic E-state index is 7.48. The van der Waals surface area contributed by atoms with Gasteiger partial charge in [-0.2, -0.15) is 0 Å². The average Bonchev–Trinajstić information content (AvgIpc) is 2.60. The molecule has 1 heterocycles. The summed E-state index contributed by atoms with van der Waals surface area (Å²) in [4.78, 5) is 4.23. The summed E-state index contributed by atoms with van der Waals surface area (Å²) in [5.41, 5.74) is 9.64. The van der Waals surface area contributed by atoms with Gasteiger partial charge in [0.25, 0.3) is 0 Å². The molecule has 0 bridgehead atoms. The van der Waals surface area contributed by atoms with Gasteiger partial charge in [0, 0.05) is 27.3 Å². The van der Waals surface area contributed by atoms with Crippen molar-refractivity contribution >= 4 is 5.57 Å². The smallest absolute Gasteiger partial charge is 0.0658 e. The van der Waals surface area contributed by atoms with Crippen LogP contribution in [0.4, 0.5) is 0 Å². The summed E-state index contributed by atoms with van der Waals surface area (Å²) in [6, 6.07) is 6.14. The van der Waals surface area contributed by atoms with Crippen LogP contribution in [-0.4, -0.2) is 22.0 Å². The minimum atomic E-state index is 0. The number of allylic oxidation sites excluding steroid dienone is 5. The van der Waals surface area contributed by atoms with Crippen molar-refractivity contribution in [1.82, 2.24) is 4.98 Å². The maximum atomic E-state index is 7.48. The van der Waals surface area contributed by atoms with Gasteiger partial charge in [0.15, 0.2) is 0 Å². The predicted octanol–water partition coefficient (Wildman–Crippen LogP) is 6.51. The van der Waals surface area contributed by atoms with Gasteiger partial charge < -0.3 is 31.5 Å². The van der Waals surface area contributed by atoms with Crippen LogP contribution in [0.25, 0.3) is 11.3 Å². The summed E-state index contributed by atoms with van der Waals surface area (Å²) in [5, 5.41) is 0. The van der Waals surface area contributed by atoms with E-state index in [4.69, 9.17) is 5.73 Å². The Balaban J connectivity index is -0.0000000730. The molecule has 1 aliphatic rings. The van der Waals surface area contributed by atoms with Crippen LogP contribution >= 0.6 is 0 Å². The van der Waals surface area contributed by atoms with E-state index in [1.807, 2.05) is 43.4 Å². The normalized spacial score (nSPS) is 16.9. The summed E-state index contributed by atoms with van der Waals surface area (Å²) >= 11 is 0. The SMILES string of the molecule is C=C/C=C\C=C(/C)c1ccccn1.CC1CCCCC1[NH-].CCC.O.O.[CH3-].[CH3-].[Pt]. The topological polar surface area (TPSA) is 99.7 Å². The van der Waals surface area contributed by atoms with Crippen molar-refractivity contribution in [2.75, 3.05) is 0 Å². The maximum Gasteiger partial charge on any atom is 0.0658 e. The Hall–Kier alpha value is -1.06. The van der Waals surface area contributed by atoms with Gasteiger partial charge in [-0.05, 0) is 24.6 Å². The van der Waals surface area contributed by atoms with Crippen molar-refractivity contribution in [3.63, 3.8) is 0 Å². The number of hydrogen-bond donors (Lipinski definition) is 0. The van der Waals surface area contributed by atoms with Gasteiger partial charge in [0.05, 0.1) is 5.69 Å². The van der Waals surface area contributed by atoms with E-state index >= 15 is 0 Å². The molecule has 1 fully saturated rings. The number of pyridine rings is 1. The van der Waals surface area contributed by atoms with Crippen LogP contribution in [0.5, 0.6) is 0 Å². The molecule has 0 spiro atoms. The Morgan fingerprint density at radius 1 is 1.14 bits per heavy atom. The molecule has 2 rings (SSSR count). The van der Waals surface area contributed by atoms with Crippen LogP contribution in [0.1, 0.15) is 65.5 Å². The Labute approximate surface area is 195 Å². The molecule has 2 unspecified atom stereocenters. The Kier molecular flexibility index (Phi) is 42.3. The van der Waals surface area contributed by atoms with E-state index in [0.717, 1.165) is 17.7 Å². The van der Waals surface area contributed by atoms with Gasteiger partial charge >= 0.3 is 0 Å². The van der Waals surface area contributed by atoms with Crippen LogP contribution in [0, 0.1) is 20.8 Å². The fourth-order valence-corrected chi connectivity index (χ4v) is 2.28. The molecule has 1 saturated carbocycles. The third-order valence-corrected chi connectivity index (χ3v) is 3.77. The second-order valence-corrected chi connectivity index (χ2v) is 6.26. The number of rotatable bonds is 3. The zero-order valence-corrected chi connectivity index (χ0v) is 21.6. The van der Waals surface area contributed by atoms with E-state index in [1.165, 1.54) is 25.7 Å². The molecule has 1 aromatic heterocycles. The molecule has 0 aromatic carbocycles. The van der Waals surface area contributed by atoms with Gasteiger partial charge in [0.1, 0.15) is 0 Å². The molecule has 0 radical (unpaired) electrons. The molecule has 176 valence electrons. The Morgan fingerprint density at radius 2 is 1.69 bits per heavy atom. The predicted molar refractivity (Wildman–Crippen MR) is 129 cm³/mol. The van der Waals surface area contributed by atoms with Crippen LogP contribution in [-0.2, 0) is 21.1 Å². The van der Waals surface area contributed by atoms with Gasteiger partial charge in [-0.25, -0.2) is 0 Å². The summed E-state index contributed by atoms with van der Waals surface area (Å²) in [6.07, 6.45) is 15.7. The van der Waals surface area contributed by atoms with Crippen LogP contribution in [0.2, 0.25) is 0 Å². The van der Waals surface area contributed by atoms with Gasteiger partial charge in [0.2, 0.25) is 0 Å². The number of nitrogens with zero attached hydrogens (tertiary/aromatic N) is 1. The second kappa shape index (κ2) is 29.1. The number of nitrogens with one attached hydrogen (secondary N) is 1. The van der Waals surface area contributed by atoms with Crippen molar-refractivity contribution in [3.05, 3.63) is 81.6 Å². The molecule has 4 nitrogen and oxygen atoms in total. The molecule has 29 heavy (non-hydrogen) atoms. The molecule has 5 N–H and O–H groups in total. The molecule has 0 amide bonds. The van der Waals surface area contributed by atoms with Crippen molar-refractivity contribution in [2.45, 2.75) is 65.8 Å². The molecule has 2 atom stereocenters. The third kappa shape index (κ3) is 23.1. The molecule has 1 aromatic rings. The molecular weight excluding hydrogens is 543 g/mol. The molecular formula is C24H45N2O2Pt-3. The standard InChI is InChI=1S/C12H13N.C7H14N.C3H8.2CH3.2H2O.Pt/c1-3-4-5-8-11(2)12-9-6-7-10-13-12;1-6-4-2-3-5-7(6)8;1-3-2;;;;;/h3-10H,1H2,2H3;6-8H,2-5H2,1H3;3H2,1-2H3;2*1H3;2*1H2;/q;-1;;2*-1;;;/b5-4-,11-8+;;;;;;;. The van der Waals surface area contributed by atoms with Crippen molar-refractivity contribution in [3.8, 4) is 0 Å².